The number of benzene rings is 1. The second kappa shape index (κ2) is 6.27. The Kier molecular flexibility index (Phi) is 4.83. The highest BCUT2D eigenvalue weighted by molar-refractivity contribution is 7.98. The van der Waals surface area contributed by atoms with Crippen LogP contribution in [0.25, 0.3) is 11.1 Å². The van der Waals surface area contributed by atoms with Crippen molar-refractivity contribution in [2.75, 3.05) is 17.8 Å². The lowest BCUT2D eigenvalue weighted by Crippen LogP contribution is -2.13. The molecular weight excluding hydrogens is 310 g/mol. The van der Waals surface area contributed by atoms with Gasteiger partial charge in [0.25, 0.3) is 0 Å². The largest absolute Gasteiger partial charge is 0.419 e. The fourth-order valence-corrected chi connectivity index (χ4v) is 4.56. The molecule has 1 heterocycles. The van der Waals surface area contributed by atoms with Gasteiger partial charge in [-0.15, -0.1) is 0 Å². The number of hydrogen-bond donors (Lipinski definition) is 0. The highest BCUT2D eigenvalue weighted by Crippen LogP contribution is 2.20. The number of sulfone groups is 1. The fourth-order valence-electron chi connectivity index (χ4n) is 2.20. The Bertz CT molecular complexity index is 789. The molecule has 1 atom stereocenters. The van der Waals surface area contributed by atoms with Crippen LogP contribution in [-0.2, 0) is 22.6 Å². The normalized spacial score (nSPS) is 13.7. The first-order valence-electron chi connectivity index (χ1n) is 6.60. The van der Waals surface area contributed by atoms with Gasteiger partial charge in [0.15, 0.2) is 5.58 Å². The number of hydrogen-bond acceptors (Lipinski definition) is 5. The maximum atomic E-state index is 11.4. The zero-order valence-electron chi connectivity index (χ0n) is 12.3. The van der Waals surface area contributed by atoms with E-state index in [0.717, 1.165) is 22.6 Å². The van der Waals surface area contributed by atoms with E-state index >= 15 is 0 Å². The third kappa shape index (κ3) is 4.38. The van der Waals surface area contributed by atoms with Gasteiger partial charge in [0.05, 0.1) is 11.3 Å². The Morgan fingerprint density at radius 2 is 2.10 bits per heavy atom. The first-order valence-corrected chi connectivity index (χ1v) is 9.82. The molecule has 0 amide bonds. The quantitative estimate of drug-likeness (QED) is 0.811. The SMILES string of the molecule is CC(CSCc1ccc2oc(=O)n(C)c2c1)CS(C)(=O)=O. The highest BCUT2D eigenvalue weighted by atomic mass is 32.2. The van der Waals surface area contributed by atoms with E-state index in [1.807, 2.05) is 19.1 Å². The minimum Gasteiger partial charge on any atom is -0.408 e. The summed E-state index contributed by atoms with van der Waals surface area (Å²) < 4.78 is 29.0. The van der Waals surface area contributed by atoms with Crippen LogP contribution < -0.4 is 5.76 Å². The van der Waals surface area contributed by atoms with Gasteiger partial charge in [0.2, 0.25) is 0 Å². The van der Waals surface area contributed by atoms with Gasteiger partial charge in [0.1, 0.15) is 9.84 Å². The maximum absolute atomic E-state index is 11.4. The summed E-state index contributed by atoms with van der Waals surface area (Å²) in [6.45, 7) is 1.94. The van der Waals surface area contributed by atoms with Crippen LogP contribution in [0, 0.1) is 5.92 Å². The second-order valence-electron chi connectivity index (χ2n) is 5.44. The average molecular weight is 329 g/mol. The number of aryl methyl sites for hydroxylation is 1. The van der Waals surface area contributed by atoms with Crippen molar-refractivity contribution in [2.24, 2.45) is 13.0 Å². The number of fused-ring (bicyclic) bond motifs is 1. The zero-order chi connectivity index (χ0) is 15.6. The molecule has 1 aromatic carbocycles. The third-order valence-electron chi connectivity index (χ3n) is 3.11. The molecule has 0 saturated heterocycles. The summed E-state index contributed by atoms with van der Waals surface area (Å²) >= 11 is 1.69. The molecule has 116 valence electrons. The molecule has 2 aromatic rings. The molecule has 0 bridgehead atoms. The van der Waals surface area contributed by atoms with Crippen molar-refractivity contribution in [2.45, 2.75) is 12.7 Å². The molecule has 21 heavy (non-hydrogen) atoms. The van der Waals surface area contributed by atoms with Crippen molar-refractivity contribution < 1.29 is 12.8 Å². The molecule has 7 heteroatoms. The van der Waals surface area contributed by atoms with E-state index in [1.54, 1.807) is 24.9 Å². The lowest BCUT2D eigenvalue weighted by atomic mass is 10.2. The fraction of sp³-hybridized carbons (Fsp3) is 0.500. The molecule has 0 radical (unpaired) electrons. The van der Waals surface area contributed by atoms with E-state index in [0.29, 0.717) is 5.58 Å². The Labute approximate surface area is 128 Å². The smallest absolute Gasteiger partial charge is 0.408 e. The lowest BCUT2D eigenvalue weighted by Gasteiger charge is -2.09. The minimum absolute atomic E-state index is 0.131. The monoisotopic (exact) mass is 329 g/mol. The van der Waals surface area contributed by atoms with Crippen molar-refractivity contribution in [1.29, 1.82) is 0 Å². The Balaban J connectivity index is 1.98. The highest BCUT2D eigenvalue weighted by Gasteiger charge is 2.11. The molecule has 0 aliphatic rings. The van der Waals surface area contributed by atoms with Gasteiger partial charge in [-0.1, -0.05) is 13.0 Å². The average Bonchev–Trinajstić information content (AvgIpc) is 2.63. The summed E-state index contributed by atoms with van der Waals surface area (Å²) in [5, 5.41) is 0. The summed E-state index contributed by atoms with van der Waals surface area (Å²) in [5.41, 5.74) is 2.46. The standard InChI is InChI=1S/C14H19NO4S2/c1-10(9-21(3,17)18)7-20-8-11-4-5-13-12(6-11)15(2)14(16)19-13/h4-6,10H,7-9H2,1-3H3. The zero-order valence-corrected chi connectivity index (χ0v) is 14.0. The van der Waals surface area contributed by atoms with Crippen molar-refractivity contribution in [1.82, 2.24) is 4.57 Å². The van der Waals surface area contributed by atoms with E-state index in [1.165, 1.54) is 10.8 Å². The lowest BCUT2D eigenvalue weighted by molar-refractivity contribution is 0.528. The second-order valence-corrected chi connectivity index (χ2v) is 8.66. The van der Waals surface area contributed by atoms with Gasteiger partial charge in [-0.3, -0.25) is 4.57 Å². The van der Waals surface area contributed by atoms with Crippen LogP contribution >= 0.6 is 11.8 Å². The molecule has 0 N–H and O–H groups in total. The van der Waals surface area contributed by atoms with Gasteiger partial charge >= 0.3 is 5.76 Å². The predicted molar refractivity (Wildman–Crippen MR) is 86.5 cm³/mol. The Morgan fingerprint density at radius 1 is 1.38 bits per heavy atom. The van der Waals surface area contributed by atoms with Crippen molar-refractivity contribution in [3.8, 4) is 0 Å². The summed E-state index contributed by atoms with van der Waals surface area (Å²) in [7, 11) is -1.23. The van der Waals surface area contributed by atoms with Gasteiger partial charge in [0, 0.05) is 19.1 Å². The summed E-state index contributed by atoms with van der Waals surface area (Å²) in [6, 6.07) is 5.67. The Hall–Kier alpha value is -1.21. The van der Waals surface area contributed by atoms with Crippen LogP contribution in [0.3, 0.4) is 0 Å². The van der Waals surface area contributed by atoms with Crippen molar-refractivity contribution in [3.05, 3.63) is 34.3 Å². The summed E-state index contributed by atoms with van der Waals surface area (Å²) in [4.78, 5) is 11.4. The number of oxazole rings is 1. The van der Waals surface area contributed by atoms with E-state index in [2.05, 4.69) is 0 Å². The van der Waals surface area contributed by atoms with Crippen LogP contribution in [0.2, 0.25) is 0 Å². The van der Waals surface area contributed by atoms with Crippen molar-refractivity contribution in [3.63, 3.8) is 0 Å². The number of aromatic nitrogens is 1. The topological polar surface area (TPSA) is 69.3 Å². The van der Waals surface area contributed by atoms with Gasteiger partial charge in [-0.2, -0.15) is 11.8 Å². The minimum atomic E-state index is -2.91. The van der Waals surface area contributed by atoms with Gasteiger partial charge in [-0.05, 0) is 29.4 Å². The molecule has 0 aliphatic carbocycles. The van der Waals surface area contributed by atoms with Gasteiger partial charge < -0.3 is 4.42 Å². The molecule has 0 spiro atoms. The van der Waals surface area contributed by atoms with Crippen LogP contribution in [-0.4, -0.2) is 30.7 Å². The van der Waals surface area contributed by atoms with E-state index in [9.17, 15) is 13.2 Å². The third-order valence-corrected chi connectivity index (χ3v) is 5.63. The number of rotatable bonds is 6. The number of nitrogens with zero attached hydrogens (tertiary/aromatic N) is 1. The van der Waals surface area contributed by atoms with Crippen LogP contribution in [0.5, 0.6) is 0 Å². The van der Waals surface area contributed by atoms with E-state index < -0.39 is 9.84 Å². The molecule has 1 unspecified atom stereocenters. The molecule has 0 saturated carbocycles. The summed E-state index contributed by atoms with van der Waals surface area (Å²) in [6.07, 6.45) is 1.27. The molecule has 2 rings (SSSR count). The number of thioether (sulfide) groups is 1. The van der Waals surface area contributed by atoms with Crippen LogP contribution in [0.15, 0.2) is 27.4 Å². The molecule has 5 nitrogen and oxygen atoms in total. The molecule has 0 fully saturated rings. The Morgan fingerprint density at radius 3 is 2.76 bits per heavy atom. The maximum Gasteiger partial charge on any atom is 0.419 e. The summed E-state index contributed by atoms with van der Waals surface area (Å²) in [5.74, 6) is 1.55. The first-order chi connectivity index (χ1) is 9.76. The van der Waals surface area contributed by atoms with Crippen LogP contribution in [0.1, 0.15) is 12.5 Å². The van der Waals surface area contributed by atoms with E-state index in [-0.39, 0.29) is 17.4 Å². The molecule has 0 aliphatic heterocycles. The molecular formula is C14H19NO4S2. The van der Waals surface area contributed by atoms with Crippen LogP contribution in [0.4, 0.5) is 0 Å². The first kappa shape index (κ1) is 16.2. The van der Waals surface area contributed by atoms with Gasteiger partial charge in [-0.25, -0.2) is 13.2 Å². The van der Waals surface area contributed by atoms with E-state index in [4.69, 9.17) is 4.42 Å². The molecule has 1 aromatic heterocycles. The predicted octanol–water partition coefficient (Wildman–Crippen LogP) is 2.05. The van der Waals surface area contributed by atoms with Crippen molar-refractivity contribution >= 4 is 32.7 Å².